The number of benzene rings is 1. The third kappa shape index (κ3) is 2.55. The van der Waals surface area contributed by atoms with Crippen molar-refractivity contribution in [2.24, 2.45) is 5.90 Å². The molecule has 0 radical (unpaired) electrons. The predicted molar refractivity (Wildman–Crippen MR) is 47.9 cm³/mol. The predicted octanol–water partition coefficient (Wildman–Crippen LogP) is 2.02. The molecule has 0 amide bonds. The number of nitrogens with two attached hydrogens (primary N) is 1. The first kappa shape index (κ1) is 9.64. The van der Waals surface area contributed by atoms with Crippen LogP contribution in [-0.2, 0) is 11.3 Å². The summed E-state index contributed by atoms with van der Waals surface area (Å²) in [6, 6.07) is 4.78. The van der Waals surface area contributed by atoms with E-state index in [-0.39, 0.29) is 5.82 Å². The molecule has 0 unspecified atom stereocenters. The number of rotatable bonds is 3. The van der Waals surface area contributed by atoms with E-state index in [0.29, 0.717) is 18.6 Å². The van der Waals surface area contributed by atoms with E-state index < -0.39 is 0 Å². The topological polar surface area (TPSA) is 35.2 Å². The summed E-state index contributed by atoms with van der Waals surface area (Å²) in [6.07, 6.45) is 0.488. The van der Waals surface area contributed by atoms with Gasteiger partial charge in [0.1, 0.15) is 5.82 Å². The van der Waals surface area contributed by atoms with Gasteiger partial charge in [0.2, 0.25) is 0 Å². The van der Waals surface area contributed by atoms with Gasteiger partial charge in [-0.2, -0.15) is 0 Å². The second-order valence-corrected chi connectivity index (χ2v) is 3.27. The van der Waals surface area contributed by atoms with Gasteiger partial charge in [-0.25, -0.2) is 10.3 Å². The van der Waals surface area contributed by atoms with Crippen LogP contribution >= 0.6 is 15.9 Å². The second-order valence-electron chi connectivity index (χ2n) is 2.36. The summed E-state index contributed by atoms with van der Waals surface area (Å²) in [7, 11) is 0. The van der Waals surface area contributed by atoms with Crippen LogP contribution < -0.4 is 5.90 Å². The minimum absolute atomic E-state index is 0.227. The van der Waals surface area contributed by atoms with Crippen molar-refractivity contribution < 1.29 is 9.23 Å². The third-order valence-corrected chi connectivity index (χ3v) is 1.99. The summed E-state index contributed by atoms with van der Waals surface area (Å²) in [5.41, 5.74) is 0.606. The second kappa shape index (κ2) is 4.54. The largest absolute Gasteiger partial charge is 0.304 e. The molecule has 2 nitrogen and oxygen atoms in total. The van der Waals surface area contributed by atoms with Crippen molar-refractivity contribution in [1.29, 1.82) is 0 Å². The number of hydrogen-bond acceptors (Lipinski definition) is 2. The molecule has 0 aliphatic carbocycles. The van der Waals surface area contributed by atoms with Crippen molar-refractivity contribution in [2.75, 3.05) is 6.61 Å². The average molecular weight is 234 g/mol. The van der Waals surface area contributed by atoms with Gasteiger partial charge in [0, 0.05) is 10.9 Å². The maximum Gasteiger partial charge on any atom is 0.126 e. The van der Waals surface area contributed by atoms with Crippen molar-refractivity contribution in [3.8, 4) is 0 Å². The molecule has 66 valence electrons. The zero-order valence-electron chi connectivity index (χ0n) is 6.39. The smallest absolute Gasteiger partial charge is 0.126 e. The summed E-state index contributed by atoms with van der Waals surface area (Å²) < 4.78 is 13.8. The standard InChI is InChI=1S/C8H9BrFNO/c9-7-1-2-8(10)6(5-7)3-4-12-11/h1-2,5H,3-4,11H2. The first-order valence-electron chi connectivity index (χ1n) is 3.49. The molecular weight excluding hydrogens is 225 g/mol. The highest BCUT2D eigenvalue weighted by Gasteiger charge is 2.01. The van der Waals surface area contributed by atoms with Crippen molar-refractivity contribution in [2.45, 2.75) is 6.42 Å². The molecule has 0 atom stereocenters. The molecule has 0 aliphatic heterocycles. The van der Waals surface area contributed by atoms with Crippen molar-refractivity contribution in [3.05, 3.63) is 34.1 Å². The fourth-order valence-electron chi connectivity index (χ4n) is 0.904. The van der Waals surface area contributed by atoms with Gasteiger partial charge >= 0.3 is 0 Å². The van der Waals surface area contributed by atoms with Gasteiger partial charge in [-0.3, -0.25) is 0 Å². The van der Waals surface area contributed by atoms with Gasteiger partial charge in [-0.15, -0.1) is 0 Å². The van der Waals surface area contributed by atoms with Crippen LogP contribution in [0.25, 0.3) is 0 Å². The van der Waals surface area contributed by atoms with Crippen LogP contribution in [0.4, 0.5) is 4.39 Å². The van der Waals surface area contributed by atoms with Gasteiger partial charge in [-0.1, -0.05) is 15.9 Å². The highest BCUT2D eigenvalue weighted by atomic mass is 79.9. The number of halogens is 2. The normalized spacial score (nSPS) is 10.2. The first-order valence-corrected chi connectivity index (χ1v) is 4.29. The Morgan fingerprint density at radius 2 is 2.25 bits per heavy atom. The Labute approximate surface area is 78.6 Å². The van der Waals surface area contributed by atoms with Crippen molar-refractivity contribution >= 4 is 15.9 Å². The molecule has 1 aromatic carbocycles. The minimum Gasteiger partial charge on any atom is -0.304 e. The zero-order chi connectivity index (χ0) is 8.97. The van der Waals surface area contributed by atoms with E-state index >= 15 is 0 Å². The van der Waals surface area contributed by atoms with Crippen LogP contribution in [0.1, 0.15) is 5.56 Å². The van der Waals surface area contributed by atoms with Gasteiger partial charge in [0.25, 0.3) is 0 Å². The van der Waals surface area contributed by atoms with E-state index in [2.05, 4.69) is 20.8 Å². The van der Waals surface area contributed by atoms with Crippen LogP contribution in [0.3, 0.4) is 0 Å². The maximum atomic E-state index is 13.0. The lowest BCUT2D eigenvalue weighted by Gasteiger charge is -2.01. The molecule has 0 aliphatic rings. The van der Waals surface area contributed by atoms with E-state index in [1.165, 1.54) is 6.07 Å². The van der Waals surface area contributed by atoms with Gasteiger partial charge in [0.05, 0.1) is 6.61 Å². The number of hydrogen-bond donors (Lipinski definition) is 1. The molecule has 0 saturated heterocycles. The summed E-state index contributed by atoms with van der Waals surface area (Å²) in [6.45, 7) is 0.327. The van der Waals surface area contributed by atoms with Crippen LogP contribution in [0, 0.1) is 5.82 Å². The van der Waals surface area contributed by atoms with E-state index in [9.17, 15) is 4.39 Å². The van der Waals surface area contributed by atoms with E-state index in [4.69, 9.17) is 5.90 Å². The summed E-state index contributed by atoms with van der Waals surface area (Å²) in [4.78, 5) is 4.36. The molecule has 0 saturated carbocycles. The summed E-state index contributed by atoms with van der Waals surface area (Å²) in [5, 5.41) is 0. The van der Waals surface area contributed by atoms with E-state index in [0.717, 1.165) is 4.47 Å². The lowest BCUT2D eigenvalue weighted by Crippen LogP contribution is -2.04. The molecule has 12 heavy (non-hydrogen) atoms. The van der Waals surface area contributed by atoms with Crippen LogP contribution in [0.2, 0.25) is 0 Å². The molecule has 0 spiro atoms. The molecular formula is C8H9BrFNO. The highest BCUT2D eigenvalue weighted by Crippen LogP contribution is 2.15. The van der Waals surface area contributed by atoms with Crippen molar-refractivity contribution in [3.63, 3.8) is 0 Å². The van der Waals surface area contributed by atoms with E-state index in [1.54, 1.807) is 12.1 Å². The Bertz CT molecular complexity index is 267. The Morgan fingerprint density at radius 3 is 2.92 bits per heavy atom. The Balaban J connectivity index is 2.75. The molecule has 0 heterocycles. The fourth-order valence-corrected chi connectivity index (χ4v) is 1.31. The summed E-state index contributed by atoms with van der Waals surface area (Å²) in [5.74, 6) is 4.60. The monoisotopic (exact) mass is 233 g/mol. The molecule has 0 aromatic heterocycles. The lowest BCUT2D eigenvalue weighted by atomic mass is 10.1. The summed E-state index contributed by atoms with van der Waals surface area (Å²) >= 11 is 3.25. The Kier molecular flexibility index (Phi) is 3.65. The first-order chi connectivity index (χ1) is 5.74. The third-order valence-electron chi connectivity index (χ3n) is 1.50. The highest BCUT2D eigenvalue weighted by molar-refractivity contribution is 9.10. The van der Waals surface area contributed by atoms with Crippen LogP contribution in [0.5, 0.6) is 0 Å². The van der Waals surface area contributed by atoms with Crippen LogP contribution in [-0.4, -0.2) is 6.61 Å². The Morgan fingerprint density at radius 1 is 1.50 bits per heavy atom. The average Bonchev–Trinajstić information content (AvgIpc) is 2.07. The molecule has 0 fully saturated rings. The molecule has 1 rings (SSSR count). The van der Waals surface area contributed by atoms with Gasteiger partial charge < -0.3 is 4.84 Å². The lowest BCUT2D eigenvalue weighted by molar-refractivity contribution is 0.140. The zero-order valence-corrected chi connectivity index (χ0v) is 7.97. The van der Waals surface area contributed by atoms with E-state index in [1.807, 2.05) is 0 Å². The fraction of sp³-hybridized carbons (Fsp3) is 0.250. The Hall–Kier alpha value is -0.450. The van der Waals surface area contributed by atoms with Gasteiger partial charge in [0.15, 0.2) is 0 Å². The van der Waals surface area contributed by atoms with Crippen molar-refractivity contribution in [1.82, 2.24) is 0 Å². The maximum absolute atomic E-state index is 13.0. The SMILES string of the molecule is NOCCc1cc(Br)ccc1F. The molecule has 1 aromatic rings. The minimum atomic E-state index is -0.227. The van der Waals surface area contributed by atoms with Gasteiger partial charge in [-0.05, 0) is 23.8 Å². The van der Waals surface area contributed by atoms with Crippen LogP contribution in [0.15, 0.2) is 22.7 Å². The molecule has 4 heteroatoms. The molecule has 2 N–H and O–H groups in total. The molecule has 0 bridgehead atoms. The quantitative estimate of drug-likeness (QED) is 0.812.